The Labute approximate surface area is 118 Å². The number of aliphatic hydroxyl groups is 1. The van der Waals surface area contributed by atoms with Gasteiger partial charge in [-0.25, -0.2) is 0 Å². The second kappa shape index (κ2) is 5.33. The van der Waals surface area contributed by atoms with E-state index in [9.17, 15) is 5.11 Å². The second-order valence-electron chi connectivity index (χ2n) is 4.90. The quantitative estimate of drug-likeness (QED) is 0.865. The van der Waals surface area contributed by atoms with Crippen LogP contribution in [0.5, 0.6) is 0 Å². The molecule has 0 spiro atoms. The molecular formula is C16H16ClNO. The number of hydrogen-bond acceptors (Lipinski definition) is 2. The standard InChI is InChI=1S/C16H16ClNO/c17-14-8-6-13(7-9-14)16-15(11-19)18(16)10-12-4-2-1-3-5-12/h1-9,15-16,19H,10-11H2/t15-,16-,18?/m1/s1. The zero-order chi connectivity index (χ0) is 13.2. The van der Waals surface area contributed by atoms with Crippen molar-refractivity contribution < 1.29 is 5.11 Å². The smallest absolute Gasteiger partial charge is 0.0605 e. The predicted molar refractivity (Wildman–Crippen MR) is 77.1 cm³/mol. The van der Waals surface area contributed by atoms with E-state index in [1.807, 2.05) is 42.5 Å². The fraction of sp³-hybridized carbons (Fsp3) is 0.250. The molecule has 1 N–H and O–H groups in total. The Kier molecular flexibility index (Phi) is 3.56. The number of rotatable bonds is 4. The minimum absolute atomic E-state index is 0.195. The summed E-state index contributed by atoms with van der Waals surface area (Å²) in [6.45, 7) is 1.07. The Morgan fingerprint density at radius 3 is 2.32 bits per heavy atom. The lowest BCUT2D eigenvalue weighted by Crippen LogP contribution is -2.04. The molecule has 1 aliphatic rings. The van der Waals surface area contributed by atoms with Gasteiger partial charge in [-0.2, -0.15) is 0 Å². The summed E-state index contributed by atoms with van der Waals surface area (Å²) in [6, 6.07) is 18.8. The normalized spacial score (nSPS) is 25.3. The Hall–Kier alpha value is -1.35. The largest absolute Gasteiger partial charge is 0.395 e. The van der Waals surface area contributed by atoms with Crippen LogP contribution in [0.4, 0.5) is 0 Å². The van der Waals surface area contributed by atoms with Gasteiger partial charge in [0, 0.05) is 11.6 Å². The Morgan fingerprint density at radius 2 is 1.68 bits per heavy atom. The van der Waals surface area contributed by atoms with Gasteiger partial charge in [-0.1, -0.05) is 54.1 Å². The molecule has 0 radical (unpaired) electrons. The summed E-state index contributed by atoms with van der Waals surface area (Å²) in [5.41, 5.74) is 2.50. The fourth-order valence-corrected chi connectivity index (χ4v) is 2.75. The molecule has 19 heavy (non-hydrogen) atoms. The molecular weight excluding hydrogens is 258 g/mol. The molecule has 2 aromatic rings. The van der Waals surface area contributed by atoms with Gasteiger partial charge < -0.3 is 5.11 Å². The summed E-state index contributed by atoms with van der Waals surface area (Å²) in [6.07, 6.45) is 0. The molecule has 0 aliphatic carbocycles. The monoisotopic (exact) mass is 273 g/mol. The van der Waals surface area contributed by atoms with Crippen LogP contribution in [0.3, 0.4) is 0 Å². The van der Waals surface area contributed by atoms with Gasteiger partial charge >= 0.3 is 0 Å². The van der Waals surface area contributed by atoms with Crippen molar-refractivity contribution in [1.82, 2.24) is 4.90 Å². The van der Waals surface area contributed by atoms with Gasteiger partial charge in [0.25, 0.3) is 0 Å². The number of benzene rings is 2. The summed E-state index contributed by atoms with van der Waals surface area (Å²) in [5.74, 6) is 0. The summed E-state index contributed by atoms with van der Waals surface area (Å²) >= 11 is 5.91. The van der Waals surface area contributed by atoms with Crippen LogP contribution < -0.4 is 0 Å². The molecule has 1 unspecified atom stereocenters. The topological polar surface area (TPSA) is 23.2 Å². The van der Waals surface area contributed by atoms with E-state index in [-0.39, 0.29) is 12.6 Å². The van der Waals surface area contributed by atoms with Gasteiger partial charge in [0.05, 0.1) is 18.7 Å². The highest BCUT2D eigenvalue weighted by Crippen LogP contribution is 2.44. The highest BCUT2D eigenvalue weighted by molar-refractivity contribution is 6.30. The molecule has 2 aromatic carbocycles. The van der Waals surface area contributed by atoms with Crippen LogP contribution in [0.25, 0.3) is 0 Å². The number of nitrogens with zero attached hydrogens (tertiary/aromatic N) is 1. The van der Waals surface area contributed by atoms with E-state index in [0.29, 0.717) is 6.04 Å². The minimum atomic E-state index is 0.195. The second-order valence-corrected chi connectivity index (χ2v) is 5.34. The highest BCUT2D eigenvalue weighted by Gasteiger charge is 2.47. The average molecular weight is 274 g/mol. The van der Waals surface area contributed by atoms with Crippen LogP contribution in [0.15, 0.2) is 54.6 Å². The van der Waals surface area contributed by atoms with Crippen LogP contribution in [0, 0.1) is 0 Å². The Morgan fingerprint density at radius 1 is 1.00 bits per heavy atom. The third-order valence-electron chi connectivity index (χ3n) is 3.66. The van der Waals surface area contributed by atoms with Crippen molar-refractivity contribution in [3.63, 3.8) is 0 Å². The summed E-state index contributed by atoms with van der Waals surface area (Å²) in [4.78, 5) is 2.30. The van der Waals surface area contributed by atoms with Crippen molar-refractivity contribution >= 4 is 11.6 Å². The lowest BCUT2D eigenvalue weighted by Gasteiger charge is -2.04. The maximum absolute atomic E-state index is 9.47. The van der Waals surface area contributed by atoms with E-state index in [1.165, 1.54) is 11.1 Å². The van der Waals surface area contributed by atoms with E-state index in [2.05, 4.69) is 17.0 Å². The first-order chi connectivity index (χ1) is 9.29. The molecule has 3 atom stereocenters. The fourth-order valence-electron chi connectivity index (χ4n) is 2.62. The van der Waals surface area contributed by atoms with E-state index >= 15 is 0 Å². The molecule has 2 nitrogen and oxygen atoms in total. The molecule has 1 heterocycles. The van der Waals surface area contributed by atoms with Gasteiger partial charge in [0.2, 0.25) is 0 Å². The molecule has 1 saturated heterocycles. The SMILES string of the molecule is OC[C@@H]1[C@@H](c2ccc(Cl)cc2)N1Cc1ccccc1. The molecule has 1 fully saturated rings. The molecule has 0 amide bonds. The first-order valence-electron chi connectivity index (χ1n) is 6.45. The van der Waals surface area contributed by atoms with Gasteiger partial charge in [0.15, 0.2) is 0 Å². The van der Waals surface area contributed by atoms with E-state index in [1.54, 1.807) is 0 Å². The molecule has 3 rings (SSSR count). The number of aliphatic hydroxyl groups excluding tert-OH is 1. The maximum atomic E-state index is 9.47. The van der Waals surface area contributed by atoms with Crippen molar-refractivity contribution in [3.05, 3.63) is 70.7 Å². The van der Waals surface area contributed by atoms with Gasteiger partial charge in [-0.15, -0.1) is 0 Å². The summed E-state index contributed by atoms with van der Waals surface area (Å²) < 4.78 is 0. The Bertz CT molecular complexity index is 540. The van der Waals surface area contributed by atoms with Crippen LogP contribution >= 0.6 is 11.6 Å². The minimum Gasteiger partial charge on any atom is -0.395 e. The summed E-state index contributed by atoms with van der Waals surface area (Å²) in [7, 11) is 0. The zero-order valence-corrected chi connectivity index (χ0v) is 11.3. The molecule has 0 saturated carbocycles. The molecule has 98 valence electrons. The lowest BCUT2D eigenvalue weighted by atomic mass is 10.1. The average Bonchev–Trinajstić information content (AvgIpc) is 3.13. The van der Waals surface area contributed by atoms with Crippen molar-refractivity contribution in [1.29, 1.82) is 0 Å². The van der Waals surface area contributed by atoms with E-state index in [4.69, 9.17) is 11.6 Å². The van der Waals surface area contributed by atoms with Crippen molar-refractivity contribution in [3.8, 4) is 0 Å². The van der Waals surface area contributed by atoms with Crippen molar-refractivity contribution in [2.24, 2.45) is 0 Å². The third kappa shape index (κ3) is 2.66. The van der Waals surface area contributed by atoms with Crippen LogP contribution in [0.1, 0.15) is 17.2 Å². The van der Waals surface area contributed by atoms with Crippen molar-refractivity contribution in [2.45, 2.75) is 18.6 Å². The van der Waals surface area contributed by atoms with Gasteiger partial charge in [-0.3, -0.25) is 4.90 Å². The van der Waals surface area contributed by atoms with Crippen LogP contribution in [-0.4, -0.2) is 22.7 Å². The molecule has 0 bridgehead atoms. The lowest BCUT2D eigenvalue weighted by molar-refractivity contribution is 0.272. The molecule has 1 aliphatic heterocycles. The molecule has 0 aromatic heterocycles. The third-order valence-corrected chi connectivity index (χ3v) is 3.92. The highest BCUT2D eigenvalue weighted by atomic mass is 35.5. The first-order valence-corrected chi connectivity index (χ1v) is 6.83. The van der Waals surface area contributed by atoms with Crippen molar-refractivity contribution in [2.75, 3.05) is 6.61 Å². The maximum Gasteiger partial charge on any atom is 0.0605 e. The van der Waals surface area contributed by atoms with Crippen LogP contribution in [0.2, 0.25) is 5.02 Å². The van der Waals surface area contributed by atoms with Gasteiger partial charge in [-0.05, 0) is 23.3 Å². The van der Waals surface area contributed by atoms with E-state index in [0.717, 1.165) is 11.6 Å². The number of halogens is 1. The predicted octanol–water partition coefficient (Wildman–Crippen LogP) is 3.26. The molecule has 3 heteroatoms. The van der Waals surface area contributed by atoms with Gasteiger partial charge in [0.1, 0.15) is 0 Å². The first kappa shape index (κ1) is 12.7. The number of hydrogen-bond donors (Lipinski definition) is 1. The summed E-state index contributed by atoms with van der Waals surface area (Å²) in [5, 5.41) is 10.2. The van der Waals surface area contributed by atoms with E-state index < -0.39 is 0 Å². The Balaban J connectivity index is 1.74. The zero-order valence-electron chi connectivity index (χ0n) is 10.5. The van der Waals surface area contributed by atoms with Crippen LogP contribution in [-0.2, 0) is 6.54 Å².